The summed E-state index contributed by atoms with van der Waals surface area (Å²) < 4.78 is 14.6. The van der Waals surface area contributed by atoms with Crippen LogP contribution in [0, 0.1) is 5.82 Å². The van der Waals surface area contributed by atoms with E-state index in [9.17, 15) is 4.39 Å². The lowest BCUT2D eigenvalue weighted by atomic mass is 9.97. The Morgan fingerprint density at radius 2 is 1.43 bits per heavy atom. The first kappa shape index (κ1) is 18.5. The van der Waals surface area contributed by atoms with Crippen LogP contribution in [-0.2, 0) is 0 Å². The molecule has 0 spiro atoms. The standard InChI is InChI=1S/C26H16ClFN2/c27-20-10-11-24(28)23(13-20)26-14-22(21-8-4-5-9-25(21)30-26)19-12-18(15-29-16-19)17-6-2-1-3-7-17/h1-16H. The molecule has 0 aliphatic carbocycles. The Balaban J connectivity index is 1.74. The topological polar surface area (TPSA) is 25.8 Å². The molecule has 0 unspecified atom stereocenters. The second kappa shape index (κ2) is 7.69. The molecule has 0 saturated carbocycles. The summed E-state index contributed by atoms with van der Waals surface area (Å²) in [6.45, 7) is 0. The summed E-state index contributed by atoms with van der Waals surface area (Å²) in [6.07, 6.45) is 3.67. The summed E-state index contributed by atoms with van der Waals surface area (Å²) in [5.41, 5.74) is 5.69. The van der Waals surface area contributed by atoms with Crippen molar-refractivity contribution in [2.45, 2.75) is 0 Å². The van der Waals surface area contributed by atoms with E-state index in [2.05, 4.69) is 23.2 Å². The van der Waals surface area contributed by atoms with Gasteiger partial charge in [-0.25, -0.2) is 9.37 Å². The van der Waals surface area contributed by atoms with E-state index in [-0.39, 0.29) is 5.82 Å². The molecule has 4 heteroatoms. The third kappa shape index (κ3) is 3.44. The van der Waals surface area contributed by atoms with Crippen molar-refractivity contribution < 1.29 is 4.39 Å². The van der Waals surface area contributed by atoms with Gasteiger partial charge < -0.3 is 0 Å². The Bertz CT molecular complexity index is 1370. The van der Waals surface area contributed by atoms with E-state index in [0.717, 1.165) is 33.2 Å². The molecule has 0 fully saturated rings. The van der Waals surface area contributed by atoms with Crippen LogP contribution in [0.4, 0.5) is 4.39 Å². The number of para-hydroxylation sites is 1. The number of fused-ring (bicyclic) bond motifs is 1. The van der Waals surface area contributed by atoms with Crippen LogP contribution in [0.15, 0.2) is 97.3 Å². The maximum absolute atomic E-state index is 14.6. The summed E-state index contributed by atoms with van der Waals surface area (Å²) in [7, 11) is 0. The van der Waals surface area contributed by atoms with Crippen molar-refractivity contribution in [3.8, 4) is 33.5 Å². The lowest BCUT2D eigenvalue weighted by molar-refractivity contribution is 0.631. The Kier molecular flexibility index (Phi) is 4.74. The van der Waals surface area contributed by atoms with Crippen molar-refractivity contribution in [1.29, 1.82) is 0 Å². The Morgan fingerprint density at radius 1 is 0.667 bits per heavy atom. The molecule has 0 aliphatic heterocycles. The molecule has 2 heterocycles. The molecule has 0 aliphatic rings. The van der Waals surface area contributed by atoms with Crippen LogP contribution in [0.2, 0.25) is 5.02 Å². The van der Waals surface area contributed by atoms with Crippen molar-refractivity contribution >= 4 is 22.5 Å². The lowest BCUT2D eigenvalue weighted by Gasteiger charge is -2.12. The Labute approximate surface area is 178 Å². The van der Waals surface area contributed by atoms with Crippen molar-refractivity contribution in [1.82, 2.24) is 9.97 Å². The first-order valence-electron chi connectivity index (χ1n) is 9.55. The van der Waals surface area contributed by atoms with Crippen molar-refractivity contribution in [3.63, 3.8) is 0 Å². The fourth-order valence-electron chi connectivity index (χ4n) is 3.62. The number of nitrogens with zero attached hydrogens (tertiary/aromatic N) is 2. The van der Waals surface area contributed by atoms with E-state index in [0.29, 0.717) is 16.3 Å². The number of hydrogen-bond donors (Lipinski definition) is 0. The number of pyridine rings is 2. The highest BCUT2D eigenvalue weighted by atomic mass is 35.5. The van der Waals surface area contributed by atoms with E-state index in [4.69, 9.17) is 16.6 Å². The van der Waals surface area contributed by atoms with Gasteiger partial charge in [0.1, 0.15) is 5.82 Å². The predicted octanol–water partition coefficient (Wildman–Crippen LogP) is 7.42. The monoisotopic (exact) mass is 410 g/mol. The third-order valence-electron chi connectivity index (χ3n) is 5.08. The van der Waals surface area contributed by atoms with Crippen LogP contribution in [0.3, 0.4) is 0 Å². The zero-order valence-corrected chi connectivity index (χ0v) is 16.6. The lowest BCUT2D eigenvalue weighted by Crippen LogP contribution is -1.93. The average Bonchev–Trinajstić information content (AvgIpc) is 2.80. The van der Waals surface area contributed by atoms with Gasteiger partial charge in [-0.1, -0.05) is 60.1 Å². The van der Waals surface area contributed by atoms with Gasteiger partial charge in [0.2, 0.25) is 0 Å². The minimum Gasteiger partial charge on any atom is -0.263 e. The molecule has 0 atom stereocenters. The van der Waals surface area contributed by atoms with Crippen molar-refractivity contribution in [3.05, 3.63) is 108 Å². The molecule has 0 bridgehead atoms. The molecule has 144 valence electrons. The van der Waals surface area contributed by atoms with E-state index >= 15 is 0 Å². The van der Waals surface area contributed by atoms with Crippen molar-refractivity contribution in [2.24, 2.45) is 0 Å². The van der Waals surface area contributed by atoms with Crippen LogP contribution in [0.5, 0.6) is 0 Å². The molecular formula is C26H16ClFN2. The summed E-state index contributed by atoms with van der Waals surface area (Å²) in [4.78, 5) is 9.16. The molecule has 5 rings (SSSR count). The highest BCUT2D eigenvalue weighted by Gasteiger charge is 2.13. The molecule has 0 amide bonds. The fourth-order valence-corrected chi connectivity index (χ4v) is 3.79. The summed E-state index contributed by atoms with van der Waals surface area (Å²) in [6, 6.07) is 26.5. The highest BCUT2D eigenvalue weighted by molar-refractivity contribution is 6.30. The van der Waals surface area contributed by atoms with Gasteiger partial charge >= 0.3 is 0 Å². The molecule has 0 N–H and O–H groups in total. The van der Waals surface area contributed by atoms with Gasteiger partial charge in [0, 0.05) is 39.5 Å². The molecule has 3 aromatic carbocycles. The van der Waals surface area contributed by atoms with Gasteiger partial charge in [-0.2, -0.15) is 0 Å². The maximum atomic E-state index is 14.6. The number of rotatable bonds is 3. The minimum atomic E-state index is -0.357. The molecule has 0 saturated heterocycles. The predicted molar refractivity (Wildman–Crippen MR) is 121 cm³/mol. The summed E-state index contributed by atoms with van der Waals surface area (Å²) >= 11 is 6.13. The van der Waals surface area contributed by atoms with Crippen LogP contribution in [-0.4, -0.2) is 9.97 Å². The number of halogens is 2. The maximum Gasteiger partial charge on any atom is 0.132 e. The summed E-state index contributed by atoms with van der Waals surface area (Å²) in [5.74, 6) is -0.357. The second-order valence-corrected chi connectivity index (χ2v) is 7.46. The highest BCUT2D eigenvalue weighted by Crippen LogP contribution is 2.34. The van der Waals surface area contributed by atoms with Crippen LogP contribution in [0.1, 0.15) is 0 Å². The van der Waals surface area contributed by atoms with Gasteiger partial charge in [-0.15, -0.1) is 0 Å². The number of benzene rings is 3. The van der Waals surface area contributed by atoms with Crippen molar-refractivity contribution in [2.75, 3.05) is 0 Å². The van der Waals surface area contributed by atoms with Gasteiger partial charge in [-0.05, 0) is 47.5 Å². The largest absolute Gasteiger partial charge is 0.263 e. The van der Waals surface area contributed by atoms with Crippen LogP contribution >= 0.6 is 11.6 Å². The van der Waals surface area contributed by atoms with Crippen LogP contribution < -0.4 is 0 Å². The van der Waals surface area contributed by atoms with Gasteiger partial charge in [0.25, 0.3) is 0 Å². The molecule has 30 heavy (non-hydrogen) atoms. The van der Waals surface area contributed by atoms with E-state index in [1.165, 1.54) is 12.1 Å². The number of hydrogen-bond acceptors (Lipinski definition) is 2. The van der Waals surface area contributed by atoms with E-state index in [1.807, 2.05) is 60.9 Å². The molecule has 2 aromatic heterocycles. The fraction of sp³-hybridized carbons (Fsp3) is 0. The normalized spacial score (nSPS) is 11.0. The quantitative estimate of drug-likeness (QED) is 0.309. The zero-order chi connectivity index (χ0) is 20.5. The Hall–Kier alpha value is -3.56. The Morgan fingerprint density at radius 3 is 2.30 bits per heavy atom. The first-order valence-corrected chi connectivity index (χ1v) is 9.93. The average molecular weight is 411 g/mol. The number of aromatic nitrogens is 2. The molecular weight excluding hydrogens is 395 g/mol. The van der Waals surface area contributed by atoms with E-state index < -0.39 is 0 Å². The smallest absolute Gasteiger partial charge is 0.132 e. The second-order valence-electron chi connectivity index (χ2n) is 7.02. The zero-order valence-electron chi connectivity index (χ0n) is 15.9. The third-order valence-corrected chi connectivity index (χ3v) is 5.31. The molecule has 5 aromatic rings. The molecule has 2 nitrogen and oxygen atoms in total. The minimum absolute atomic E-state index is 0.357. The summed E-state index contributed by atoms with van der Waals surface area (Å²) in [5, 5.41) is 1.45. The first-order chi connectivity index (χ1) is 14.7. The molecule has 0 radical (unpaired) electrons. The van der Waals surface area contributed by atoms with Gasteiger partial charge in [-0.3, -0.25) is 4.98 Å². The van der Waals surface area contributed by atoms with E-state index in [1.54, 1.807) is 6.07 Å². The van der Waals surface area contributed by atoms with Crippen LogP contribution in [0.25, 0.3) is 44.4 Å². The van der Waals surface area contributed by atoms with Gasteiger partial charge in [0.05, 0.1) is 11.2 Å². The SMILES string of the molecule is Fc1ccc(Cl)cc1-c1cc(-c2cncc(-c3ccccc3)c2)c2ccccc2n1. The van der Waals surface area contributed by atoms with Gasteiger partial charge in [0.15, 0.2) is 0 Å².